The second-order valence-electron chi connectivity index (χ2n) is 10.1. The van der Waals surface area contributed by atoms with Crippen molar-refractivity contribution in [1.82, 2.24) is 10.2 Å². The van der Waals surface area contributed by atoms with E-state index in [1.54, 1.807) is 6.07 Å². The number of nitrogens with zero attached hydrogens (tertiary/aromatic N) is 2. The Balaban J connectivity index is 2.07. The number of carbonyl (C=O) groups is 2. The molecular weight excluding hydrogens is 510 g/mol. The Morgan fingerprint density at radius 2 is 1.54 bits per heavy atom. The van der Waals surface area contributed by atoms with Gasteiger partial charge in [-0.25, -0.2) is 8.42 Å². The molecule has 3 rings (SSSR count). The number of nitrogens with one attached hydrogen (secondary N) is 1. The molecule has 0 saturated carbocycles. The van der Waals surface area contributed by atoms with Crippen molar-refractivity contribution in [1.29, 1.82) is 0 Å². The van der Waals surface area contributed by atoms with Crippen LogP contribution in [0.5, 0.6) is 0 Å². The fraction of sp³-hybridized carbons (Fsp3) is 0.355. The summed E-state index contributed by atoms with van der Waals surface area (Å²) in [4.78, 5) is 29.2. The molecule has 0 aliphatic heterocycles. The lowest BCUT2D eigenvalue weighted by Crippen LogP contribution is -2.53. The molecule has 0 spiro atoms. The zero-order valence-corrected chi connectivity index (χ0v) is 24.3. The van der Waals surface area contributed by atoms with Gasteiger partial charge in [-0.1, -0.05) is 79.2 Å². The first-order valence-corrected chi connectivity index (χ1v) is 15.1. The van der Waals surface area contributed by atoms with Crippen LogP contribution < -0.4 is 9.62 Å². The summed E-state index contributed by atoms with van der Waals surface area (Å²) in [5, 5.41) is 2.95. The van der Waals surface area contributed by atoms with Crippen LogP contribution in [0.25, 0.3) is 0 Å². The van der Waals surface area contributed by atoms with Gasteiger partial charge in [0.2, 0.25) is 21.8 Å². The van der Waals surface area contributed by atoms with E-state index in [2.05, 4.69) is 5.32 Å². The van der Waals surface area contributed by atoms with E-state index in [4.69, 9.17) is 0 Å². The lowest BCUT2D eigenvalue weighted by molar-refractivity contribution is -0.140. The van der Waals surface area contributed by atoms with Gasteiger partial charge in [0.25, 0.3) is 0 Å². The van der Waals surface area contributed by atoms with Gasteiger partial charge in [0.15, 0.2) is 0 Å². The minimum Gasteiger partial charge on any atom is -0.354 e. The monoisotopic (exact) mass is 549 g/mol. The van der Waals surface area contributed by atoms with Gasteiger partial charge in [0.05, 0.1) is 11.9 Å². The van der Waals surface area contributed by atoms with Crippen molar-refractivity contribution in [3.05, 3.63) is 101 Å². The number of carbonyl (C=O) groups excluding carboxylic acids is 2. The van der Waals surface area contributed by atoms with Gasteiger partial charge in [-0.05, 0) is 55.5 Å². The summed E-state index contributed by atoms with van der Waals surface area (Å²) in [6.45, 7) is 7.87. The lowest BCUT2D eigenvalue weighted by Gasteiger charge is -2.34. The largest absolute Gasteiger partial charge is 0.354 e. The molecule has 0 aromatic heterocycles. The molecule has 0 unspecified atom stereocenters. The quantitative estimate of drug-likeness (QED) is 0.359. The first kappa shape index (κ1) is 29.9. The summed E-state index contributed by atoms with van der Waals surface area (Å²) < 4.78 is 27.1. The van der Waals surface area contributed by atoms with E-state index in [1.807, 2.05) is 94.4 Å². The van der Waals surface area contributed by atoms with Crippen LogP contribution in [0.15, 0.2) is 72.8 Å². The molecule has 39 heavy (non-hydrogen) atoms. The third-order valence-electron chi connectivity index (χ3n) is 6.57. The fourth-order valence-electron chi connectivity index (χ4n) is 4.51. The standard InChI is InChI=1S/C31H39N3O4S/c1-6-17-32-31(36)29(20-26-12-8-7-9-13-26)33(21-27-14-10-11-23(2)18-27)30(35)22-34(39(5,37)38)28-19-24(3)15-16-25(28)4/h7-16,18-19,29H,6,17,20-22H2,1-5H3,(H,32,36)/t29-/m1/s1. The maximum atomic E-state index is 14.1. The van der Waals surface area contributed by atoms with Gasteiger partial charge < -0.3 is 10.2 Å². The van der Waals surface area contributed by atoms with Crippen LogP contribution in [-0.2, 0) is 32.6 Å². The smallest absolute Gasteiger partial charge is 0.244 e. The summed E-state index contributed by atoms with van der Waals surface area (Å²) in [5.41, 5.74) is 4.88. The molecule has 0 fully saturated rings. The van der Waals surface area contributed by atoms with Crippen LogP contribution in [0.4, 0.5) is 5.69 Å². The van der Waals surface area contributed by atoms with Crippen molar-refractivity contribution >= 4 is 27.5 Å². The van der Waals surface area contributed by atoms with Crippen molar-refractivity contribution in [2.45, 2.75) is 53.1 Å². The Hall–Kier alpha value is -3.65. The zero-order chi connectivity index (χ0) is 28.6. The number of benzene rings is 3. The molecule has 1 N–H and O–H groups in total. The molecule has 2 amide bonds. The maximum Gasteiger partial charge on any atom is 0.244 e. The van der Waals surface area contributed by atoms with Crippen LogP contribution in [0.1, 0.15) is 41.2 Å². The molecule has 7 nitrogen and oxygen atoms in total. The molecule has 0 bridgehead atoms. The Morgan fingerprint density at radius 1 is 0.872 bits per heavy atom. The Labute approximate surface area is 232 Å². The SMILES string of the molecule is CCCNC(=O)[C@@H](Cc1ccccc1)N(Cc1cccc(C)c1)C(=O)CN(c1cc(C)ccc1C)S(C)(=O)=O. The van der Waals surface area contributed by atoms with E-state index in [0.717, 1.165) is 44.8 Å². The minimum atomic E-state index is -3.80. The van der Waals surface area contributed by atoms with Gasteiger partial charge in [-0.2, -0.15) is 0 Å². The van der Waals surface area contributed by atoms with Gasteiger partial charge >= 0.3 is 0 Å². The van der Waals surface area contributed by atoms with Gasteiger partial charge in [-0.15, -0.1) is 0 Å². The number of sulfonamides is 1. The van der Waals surface area contributed by atoms with E-state index >= 15 is 0 Å². The second-order valence-corrected chi connectivity index (χ2v) is 12.0. The lowest BCUT2D eigenvalue weighted by atomic mass is 10.0. The van der Waals surface area contributed by atoms with Crippen molar-refractivity contribution in [3.8, 4) is 0 Å². The third-order valence-corrected chi connectivity index (χ3v) is 7.69. The molecule has 3 aromatic carbocycles. The van der Waals surface area contributed by atoms with E-state index in [1.165, 1.54) is 4.90 Å². The highest BCUT2D eigenvalue weighted by Crippen LogP contribution is 2.25. The highest BCUT2D eigenvalue weighted by atomic mass is 32.2. The number of amides is 2. The van der Waals surface area contributed by atoms with Crippen molar-refractivity contribution in [2.24, 2.45) is 0 Å². The number of anilines is 1. The van der Waals surface area contributed by atoms with Crippen molar-refractivity contribution in [3.63, 3.8) is 0 Å². The Bertz CT molecular complexity index is 1390. The van der Waals surface area contributed by atoms with Crippen molar-refractivity contribution in [2.75, 3.05) is 23.7 Å². The normalized spacial score (nSPS) is 12.0. The number of rotatable bonds is 12. The first-order chi connectivity index (χ1) is 18.5. The first-order valence-electron chi connectivity index (χ1n) is 13.2. The molecule has 208 valence electrons. The molecule has 1 atom stereocenters. The molecule has 0 radical (unpaired) electrons. The Morgan fingerprint density at radius 3 is 2.18 bits per heavy atom. The molecule has 0 aliphatic carbocycles. The number of aryl methyl sites for hydroxylation is 3. The van der Waals surface area contributed by atoms with E-state index in [-0.39, 0.29) is 12.5 Å². The molecule has 3 aromatic rings. The number of hydrogen-bond donors (Lipinski definition) is 1. The van der Waals surface area contributed by atoms with E-state index < -0.39 is 28.5 Å². The van der Waals surface area contributed by atoms with Crippen LogP contribution in [-0.4, -0.2) is 50.5 Å². The van der Waals surface area contributed by atoms with Crippen LogP contribution in [0.2, 0.25) is 0 Å². The predicted molar refractivity (Wildman–Crippen MR) is 157 cm³/mol. The summed E-state index contributed by atoms with van der Waals surface area (Å²) >= 11 is 0. The second kappa shape index (κ2) is 13.4. The van der Waals surface area contributed by atoms with Crippen LogP contribution in [0.3, 0.4) is 0 Å². The summed E-state index contributed by atoms with van der Waals surface area (Å²) in [7, 11) is -3.80. The summed E-state index contributed by atoms with van der Waals surface area (Å²) in [6.07, 6.45) is 2.16. The predicted octanol–water partition coefficient (Wildman–Crippen LogP) is 4.54. The fourth-order valence-corrected chi connectivity index (χ4v) is 5.41. The van der Waals surface area contributed by atoms with Crippen molar-refractivity contribution < 1.29 is 18.0 Å². The highest BCUT2D eigenvalue weighted by molar-refractivity contribution is 7.92. The highest BCUT2D eigenvalue weighted by Gasteiger charge is 2.33. The number of hydrogen-bond acceptors (Lipinski definition) is 4. The average Bonchev–Trinajstić information content (AvgIpc) is 2.89. The Kier molecular flexibility index (Phi) is 10.3. The average molecular weight is 550 g/mol. The third kappa shape index (κ3) is 8.42. The van der Waals surface area contributed by atoms with Crippen LogP contribution >= 0.6 is 0 Å². The van der Waals surface area contributed by atoms with E-state index in [9.17, 15) is 18.0 Å². The topological polar surface area (TPSA) is 86.8 Å². The summed E-state index contributed by atoms with van der Waals surface area (Å²) in [6, 6.07) is 22.0. The van der Waals surface area contributed by atoms with E-state index in [0.29, 0.717) is 18.7 Å². The zero-order valence-electron chi connectivity index (χ0n) is 23.5. The molecule has 0 saturated heterocycles. The van der Waals surface area contributed by atoms with Gasteiger partial charge in [-0.3, -0.25) is 13.9 Å². The van der Waals surface area contributed by atoms with Gasteiger partial charge in [0.1, 0.15) is 12.6 Å². The minimum absolute atomic E-state index is 0.169. The van der Waals surface area contributed by atoms with Gasteiger partial charge in [0, 0.05) is 19.5 Å². The maximum absolute atomic E-state index is 14.1. The molecule has 0 heterocycles. The molecule has 8 heteroatoms. The van der Waals surface area contributed by atoms with Crippen LogP contribution in [0, 0.1) is 20.8 Å². The molecule has 0 aliphatic rings. The molecular formula is C31H39N3O4S. The summed E-state index contributed by atoms with van der Waals surface area (Å²) in [5.74, 6) is -0.713.